The van der Waals surface area contributed by atoms with E-state index >= 15 is 0 Å². The largest absolute Gasteiger partial charge is 0.497 e. The quantitative estimate of drug-likeness (QED) is 0.279. The Bertz CT molecular complexity index is 943. The molecule has 0 bridgehead atoms. The van der Waals surface area contributed by atoms with Crippen LogP contribution in [0.3, 0.4) is 0 Å². The van der Waals surface area contributed by atoms with Gasteiger partial charge < -0.3 is 14.8 Å². The highest BCUT2D eigenvalue weighted by Crippen LogP contribution is 2.41. The van der Waals surface area contributed by atoms with E-state index in [1.54, 1.807) is 19.4 Å². The van der Waals surface area contributed by atoms with E-state index in [-0.39, 0.29) is 17.3 Å². The predicted molar refractivity (Wildman–Crippen MR) is 112 cm³/mol. The lowest BCUT2D eigenvalue weighted by molar-refractivity contribution is -0.385. The van der Waals surface area contributed by atoms with E-state index in [1.165, 1.54) is 23.9 Å². The number of thioether (sulfide) groups is 1. The van der Waals surface area contributed by atoms with Crippen molar-refractivity contribution in [3.05, 3.63) is 63.7 Å². The molecule has 0 spiro atoms. The summed E-state index contributed by atoms with van der Waals surface area (Å²) in [5.74, 6) is -0.306. The van der Waals surface area contributed by atoms with E-state index in [1.807, 2.05) is 24.3 Å². The average molecular weight is 430 g/mol. The van der Waals surface area contributed by atoms with Crippen LogP contribution in [-0.4, -0.2) is 36.8 Å². The van der Waals surface area contributed by atoms with Gasteiger partial charge in [0.2, 0.25) is 0 Å². The molecular formula is C21H22N2O6S. The molecular weight excluding hydrogens is 408 g/mol. The molecule has 1 atom stereocenters. The molecule has 2 aromatic rings. The molecule has 0 aromatic heterocycles. The Balaban J connectivity index is 1.64. The molecule has 3 rings (SSSR count). The minimum atomic E-state index is -0.903. The van der Waals surface area contributed by atoms with Crippen LogP contribution in [0.5, 0.6) is 5.75 Å². The zero-order valence-electron chi connectivity index (χ0n) is 16.6. The van der Waals surface area contributed by atoms with Crippen molar-refractivity contribution in [2.75, 3.05) is 20.0 Å². The van der Waals surface area contributed by atoms with E-state index in [9.17, 15) is 19.7 Å². The predicted octanol–water partition coefficient (Wildman–Crippen LogP) is 3.75. The monoisotopic (exact) mass is 430 g/mol. The average Bonchev–Trinajstić information content (AvgIpc) is 3.60. The normalized spacial score (nSPS) is 13.9. The summed E-state index contributed by atoms with van der Waals surface area (Å²) in [5.41, 5.74) is 0.419. The van der Waals surface area contributed by atoms with Crippen molar-refractivity contribution in [3.8, 4) is 5.75 Å². The van der Waals surface area contributed by atoms with Gasteiger partial charge in [-0.05, 0) is 54.8 Å². The topological polar surface area (TPSA) is 108 Å². The maximum atomic E-state index is 12.4. The molecule has 1 aliphatic rings. The number of hydrogen-bond donors (Lipinski definition) is 1. The van der Waals surface area contributed by atoms with E-state index < -0.39 is 23.4 Å². The molecule has 0 saturated heterocycles. The van der Waals surface area contributed by atoms with Crippen LogP contribution in [0.1, 0.15) is 34.8 Å². The Hall–Kier alpha value is -3.07. The van der Waals surface area contributed by atoms with Crippen molar-refractivity contribution in [3.63, 3.8) is 0 Å². The second-order valence-corrected chi connectivity index (χ2v) is 7.75. The fourth-order valence-electron chi connectivity index (χ4n) is 3.10. The molecule has 1 aliphatic carbocycles. The summed E-state index contributed by atoms with van der Waals surface area (Å²) >= 11 is 1.35. The van der Waals surface area contributed by atoms with Crippen molar-refractivity contribution in [1.29, 1.82) is 0 Å². The lowest BCUT2D eigenvalue weighted by Gasteiger charge is -2.19. The van der Waals surface area contributed by atoms with Gasteiger partial charge in [0.1, 0.15) is 11.3 Å². The van der Waals surface area contributed by atoms with Crippen LogP contribution in [0.4, 0.5) is 5.69 Å². The van der Waals surface area contributed by atoms with Crippen molar-refractivity contribution in [2.24, 2.45) is 5.92 Å². The molecule has 30 heavy (non-hydrogen) atoms. The first kappa shape index (κ1) is 21.6. The van der Waals surface area contributed by atoms with Gasteiger partial charge >= 0.3 is 5.97 Å². The molecule has 1 N–H and O–H groups in total. The van der Waals surface area contributed by atoms with Crippen LogP contribution in [0, 0.1) is 16.0 Å². The van der Waals surface area contributed by atoms with Crippen molar-refractivity contribution < 1.29 is 24.0 Å². The number of nitro groups is 1. The molecule has 1 amide bonds. The lowest BCUT2D eigenvalue weighted by Crippen LogP contribution is -2.33. The second kappa shape index (κ2) is 9.62. The first-order chi connectivity index (χ1) is 14.4. The number of carbonyl (C=O) groups excluding carboxylic acids is 2. The van der Waals surface area contributed by atoms with Crippen LogP contribution >= 0.6 is 11.8 Å². The Morgan fingerprint density at radius 1 is 1.23 bits per heavy atom. The Morgan fingerprint density at radius 3 is 2.50 bits per heavy atom. The number of nitrogens with zero attached hydrogens (tertiary/aromatic N) is 1. The zero-order valence-corrected chi connectivity index (χ0v) is 17.4. The molecule has 0 aliphatic heterocycles. The number of esters is 1. The molecule has 158 valence electrons. The van der Waals surface area contributed by atoms with Gasteiger partial charge in [-0.2, -0.15) is 0 Å². The van der Waals surface area contributed by atoms with Crippen molar-refractivity contribution in [2.45, 2.75) is 23.8 Å². The number of nitro benzene ring substituents is 1. The molecule has 1 saturated carbocycles. The van der Waals surface area contributed by atoms with Crippen molar-refractivity contribution >= 4 is 29.3 Å². The smallest absolute Gasteiger partial charge is 0.345 e. The molecule has 2 aromatic carbocycles. The summed E-state index contributed by atoms with van der Waals surface area (Å²) in [6, 6.07) is 11.5. The first-order valence-corrected chi connectivity index (χ1v) is 10.6. The van der Waals surface area contributed by atoms with Gasteiger partial charge in [0.25, 0.3) is 11.6 Å². The summed E-state index contributed by atoms with van der Waals surface area (Å²) in [6.07, 6.45) is 3.80. The van der Waals surface area contributed by atoms with Crippen LogP contribution in [0.15, 0.2) is 47.4 Å². The molecule has 0 heterocycles. The Kier molecular flexibility index (Phi) is 6.94. The van der Waals surface area contributed by atoms with Gasteiger partial charge in [0.05, 0.1) is 18.1 Å². The molecule has 0 radical (unpaired) electrons. The third kappa shape index (κ3) is 5.29. The number of rotatable bonds is 9. The summed E-state index contributed by atoms with van der Waals surface area (Å²) in [5, 5.41) is 14.1. The number of methoxy groups -OCH3 is 1. The van der Waals surface area contributed by atoms with Crippen LogP contribution in [0.2, 0.25) is 0 Å². The number of nitrogens with one attached hydrogen (secondary N) is 1. The number of ether oxygens (including phenoxy) is 2. The van der Waals surface area contributed by atoms with E-state index in [2.05, 4.69) is 5.32 Å². The summed E-state index contributed by atoms with van der Waals surface area (Å²) < 4.78 is 10.2. The van der Waals surface area contributed by atoms with Gasteiger partial charge in [-0.1, -0.05) is 12.1 Å². The van der Waals surface area contributed by atoms with Crippen LogP contribution < -0.4 is 10.1 Å². The maximum absolute atomic E-state index is 12.4. The fraction of sp³-hybridized carbons (Fsp3) is 0.333. The van der Waals surface area contributed by atoms with Gasteiger partial charge in [-0.25, -0.2) is 4.79 Å². The lowest BCUT2D eigenvalue weighted by atomic mass is 10.0. The highest BCUT2D eigenvalue weighted by atomic mass is 32.2. The Morgan fingerprint density at radius 2 is 1.93 bits per heavy atom. The number of hydrogen-bond acceptors (Lipinski definition) is 7. The summed E-state index contributed by atoms with van der Waals surface area (Å²) in [7, 11) is 1.59. The third-order valence-corrected chi connectivity index (χ3v) is 5.56. The highest BCUT2D eigenvalue weighted by molar-refractivity contribution is 7.98. The number of amides is 1. The summed E-state index contributed by atoms with van der Waals surface area (Å²) in [6.45, 7) is -0.515. The fourth-order valence-corrected chi connectivity index (χ4v) is 3.54. The Labute approximate surface area is 178 Å². The second-order valence-electron chi connectivity index (χ2n) is 6.87. The maximum Gasteiger partial charge on any atom is 0.345 e. The van der Waals surface area contributed by atoms with E-state index in [0.29, 0.717) is 10.8 Å². The van der Waals surface area contributed by atoms with E-state index in [0.717, 1.165) is 24.2 Å². The first-order valence-electron chi connectivity index (χ1n) is 9.35. The minimum absolute atomic E-state index is 0.173. The molecule has 1 unspecified atom stereocenters. The van der Waals surface area contributed by atoms with Gasteiger partial charge in [-0.3, -0.25) is 14.9 Å². The standard InChI is InChI=1S/C21H22N2O6S/c1-28-15-7-5-14(6-8-15)20(13-3-4-13)22-19(24)12-29-21(25)17-11-16(30-2)9-10-18(17)23(26)27/h5-11,13,20H,3-4,12H2,1-2H3,(H,22,24). The van der Waals surface area contributed by atoms with Crippen molar-refractivity contribution in [1.82, 2.24) is 5.32 Å². The van der Waals surface area contributed by atoms with Gasteiger partial charge in [0, 0.05) is 11.0 Å². The SMILES string of the molecule is COc1ccc(C(NC(=O)COC(=O)c2cc(SC)ccc2[N+](=O)[O-])C2CC2)cc1. The van der Waals surface area contributed by atoms with Crippen LogP contribution in [0.25, 0.3) is 0 Å². The number of carbonyl (C=O) groups is 2. The molecule has 9 heteroatoms. The van der Waals surface area contributed by atoms with Gasteiger partial charge in [-0.15, -0.1) is 11.8 Å². The summed E-state index contributed by atoms with van der Waals surface area (Å²) in [4.78, 5) is 36.0. The number of benzene rings is 2. The van der Waals surface area contributed by atoms with E-state index in [4.69, 9.17) is 9.47 Å². The van der Waals surface area contributed by atoms with Gasteiger partial charge in [0.15, 0.2) is 6.61 Å². The molecule has 8 nitrogen and oxygen atoms in total. The third-order valence-electron chi connectivity index (χ3n) is 4.84. The molecule has 1 fully saturated rings. The minimum Gasteiger partial charge on any atom is -0.497 e. The highest BCUT2D eigenvalue weighted by Gasteiger charge is 2.33. The zero-order chi connectivity index (χ0) is 21.7. The van der Waals surface area contributed by atoms with Crippen LogP contribution in [-0.2, 0) is 9.53 Å².